The number of hydrogen-bond donors (Lipinski definition) is 0. The lowest BCUT2D eigenvalue weighted by atomic mass is 9.70. The van der Waals surface area contributed by atoms with Crippen molar-refractivity contribution in [3.63, 3.8) is 0 Å². The monoisotopic (exact) mass is 420 g/mol. The zero-order valence-corrected chi connectivity index (χ0v) is 18.2. The Labute approximate surface area is 181 Å². The second-order valence-corrected chi connectivity index (χ2v) is 9.56. The van der Waals surface area contributed by atoms with Crippen LogP contribution >= 0.6 is 11.6 Å². The highest BCUT2D eigenvalue weighted by Crippen LogP contribution is 2.68. The van der Waals surface area contributed by atoms with Crippen LogP contribution in [0, 0.1) is 5.41 Å². The predicted octanol–water partition coefficient (Wildman–Crippen LogP) is 6.06. The summed E-state index contributed by atoms with van der Waals surface area (Å²) in [6.45, 7) is 7.23. The van der Waals surface area contributed by atoms with Crippen molar-refractivity contribution in [2.24, 2.45) is 5.41 Å². The second-order valence-electron chi connectivity index (χ2n) is 9.16. The van der Waals surface area contributed by atoms with E-state index in [0.29, 0.717) is 16.5 Å². The highest BCUT2D eigenvalue weighted by atomic mass is 35.5. The molecule has 1 heterocycles. The number of carbonyl (C=O) groups is 1. The van der Waals surface area contributed by atoms with E-state index in [1.165, 1.54) is 11.3 Å². The third-order valence-corrected chi connectivity index (χ3v) is 7.86. The van der Waals surface area contributed by atoms with E-state index in [9.17, 15) is 4.79 Å². The Hall–Kier alpha value is -2.59. The van der Waals surface area contributed by atoms with Gasteiger partial charge in [-0.25, -0.2) is 9.48 Å². The Morgan fingerprint density at radius 3 is 2.57 bits per heavy atom. The van der Waals surface area contributed by atoms with Crippen molar-refractivity contribution in [3.05, 3.63) is 82.1 Å². The number of fused-ring (bicyclic) bond motifs is 5. The molecular formula is C25H25ClN2O2. The Bertz CT molecular complexity index is 1140. The van der Waals surface area contributed by atoms with Crippen molar-refractivity contribution < 1.29 is 9.53 Å². The summed E-state index contributed by atoms with van der Waals surface area (Å²) in [5, 5.41) is 5.35. The number of ether oxygens (including phenoxy) is 1. The number of esters is 1. The van der Waals surface area contributed by atoms with Gasteiger partial charge >= 0.3 is 5.97 Å². The molecule has 4 nitrogen and oxygen atoms in total. The molecule has 2 aliphatic carbocycles. The second kappa shape index (κ2) is 6.71. The van der Waals surface area contributed by atoms with Gasteiger partial charge in [0.25, 0.3) is 0 Å². The van der Waals surface area contributed by atoms with Gasteiger partial charge in [0.2, 0.25) is 0 Å². The van der Waals surface area contributed by atoms with Gasteiger partial charge < -0.3 is 4.74 Å². The molecule has 0 spiro atoms. The Morgan fingerprint density at radius 1 is 1.13 bits per heavy atom. The summed E-state index contributed by atoms with van der Waals surface area (Å²) >= 11 is 6.17. The zero-order valence-electron chi connectivity index (χ0n) is 17.5. The predicted molar refractivity (Wildman–Crippen MR) is 117 cm³/mol. The van der Waals surface area contributed by atoms with Crippen molar-refractivity contribution in [2.75, 3.05) is 0 Å². The van der Waals surface area contributed by atoms with Gasteiger partial charge in [-0.05, 0) is 48.4 Å². The van der Waals surface area contributed by atoms with Gasteiger partial charge in [-0.15, -0.1) is 0 Å². The molecular weight excluding hydrogens is 396 g/mol. The number of carbonyl (C=O) groups excluding carboxylic acids is 1. The van der Waals surface area contributed by atoms with Gasteiger partial charge in [-0.1, -0.05) is 62.7 Å². The van der Waals surface area contributed by atoms with Gasteiger partial charge in [0.05, 0.1) is 22.0 Å². The summed E-state index contributed by atoms with van der Waals surface area (Å²) in [5.74, 6) is 0.00113. The number of hydrogen-bond acceptors (Lipinski definition) is 3. The first kappa shape index (κ1) is 19.4. The maximum absolute atomic E-state index is 12.6. The maximum Gasteiger partial charge on any atom is 0.340 e. The highest BCUT2D eigenvalue weighted by molar-refractivity contribution is 6.33. The van der Waals surface area contributed by atoms with Crippen molar-refractivity contribution in [3.8, 4) is 5.69 Å². The van der Waals surface area contributed by atoms with Crippen molar-refractivity contribution in [1.82, 2.24) is 9.78 Å². The molecule has 0 N–H and O–H groups in total. The van der Waals surface area contributed by atoms with Crippen LogP contribution in [0.4, 0.5) is 0 Å². The molecule has 0 radical (unpaired) electrons. The molecule has 0 unspecified atom stereocenters. The molecule has 3 aromatic rings. The molecule has 2 aromatic carbocycles. The molecule has 5 rings (SSSR count). The number of aromatic nitrogens is 2. The van der Waals surface area contributed by atoms with Crippen LogP contribution in [0.1, 0.15) is 66.8 Å². The topological polar surface area (TPSA) is 44.1 Å². The molecule has 154 valence electrons. The largest absolute Gasteiger partial charge is 0.455 e. The van der Waals surface area contributed by atoms with Gasteiger partial charge in [-0.3, -0.25) is 0 Å². The van der Waals surface area contributed by atoms with E-state index in [0.717, 1.165) is 24.2 Å². The molecule has 0 saturated heterocycles. The van der Waals surface area contributed by atoms with Crippen LogP contribution in [-0.4, -0.2) is 15.7 Å². The third-order valence-electron chi connectivity index (χ3n) is 7.53. The lowest BCUT2D eigenvalue weighted by molar-refractivity contribution is 0.0465. The lowest BCUT2D eigenvalue weighted by Gasteiger charge is -2.35. The zero-order chi connectivity index (χ0) is 21.1. The van der Waals surface area contributed by atoms with Crippen LogP contribution in [-0.2, 0) is 16.8 Å². The minimum absolute atomic E-state index is 0.0425. The van der Waals surface area contributed by atoms with Gasteiger partial charge in [0.1, 0.15) is 12.3 Å². The van der Waals surface area contributed by atoms with E-state index in [2.05, 4.69) is 37.6 Å². The Morgan fingerprint density at radius 2 is 1.83 bits per heavy atom. The maximum atomic E-state index is 12.6. The lowest BCUT2D eigenvalue weighted by Crippen LogP contribution is -2.33. The summed E-state index contributed by atoms with van der Waals surface area (Å²) < 4.78 is 7.76. The first-order valence-electron chi connectivity index (χ1n) is 10.4. The quantitative estimate of drug-likeness (QED) is 0.482. The SMILES string of the molecule is CC1(C)[C@@H]2CC[C@@]1(C)c1c2c(COC(=O)c2ccccc2Cl)nn1-c1ccccc1. The highest BCUT2D eigenvalue weighted by Gasteiger charge is 2.62. The Balaban J connectivity index is 1.55. The molecule has 2 bridgehead atoms. The normalized spacial score (nSPS) is 23.4. The van der Waals surface area contributed by atoms with E-state index in [-0.39, 0.29) is 17.4 Å². The summed E-state index contributed by atoms with van der Waals surface area (Å²) in [7, 11) is 0. The first-order chi connectivity index (χ1) is 14.3. The third kappa shape index (κ3) is 2.59. The van der Waals surface area contributed by atoms with Crippen LogP contribution in [0.25, 0.3) is 5.69 Å². The molecule has 1 fully saturated rings. The number of para-hydroxylation sites is 1. The van der Waals surface area contributed by atoms with Crippen LogP contribution in [0.15, 0.2) is 54.6 Å². The van der Waals surface area contributed by atoms with Gasteiger partial charge in [-0.2, -0.15) is 5.10 Å². The molecule has 2 aliphatic rings. The van der Waals surface area contributed by atoms with Crippen LogP contribution < -0.4 is 0 Å². The smallest absolute Gasteiger partial charge is 0.340 e. The van der Waals surface area contributed by atoms with Crippen LogP contribution in [0.2, 0.25) is 5.02 Å². The molecule has 1 saturated carbocycles. The average molecular weight is 421 g/mol. The summed E-state index contributed by atoms with van der Waals surface area (Å²) in [6.07, 6.45) is 2.29. The van der Waals surface area contributed by atoms with E-state index >= 15 is 0 Å². The summed E-state index contributed by atoms with van der Waals surface area (Å²) in [6, 6.07) is 17.2. The first-order valence-corrected chi connectivity index (χ1v) is 10.8. The van der Waals surface area contributed by atoms with Gasteiger partial charge in [0, 0.05) is 11.0 Å². The van der Waals surface area contributed by atoms with Crippen LogP contribution in [0.5, 0.6) is 0 Å². The fourth-order valence-corrected chi connectivity index (χ4v) is 5.72. The molecule has 1 aromatic heterocycles. The minimum atomic E-state index is -0.419. The van der Waals surface area contributed by atoms with E-state index < -0.39 is 5.97 Å². The molecule has 2 atom stereocenters. The number of nitrogens with zero attached hydrogens (tertiary/aromatic N) is 2. The molecule has 0 aliphatic heterocycles. The van der Waals surface area contributed by atoms with Crippen molar-refractivity contribution >= 4 is 17.6 Å². The summed E-state index contributed by atoms with van der Waals surface area (Å²) in [4.78, 5) is 12.6. The molecule has 5 heteroatoms. The number of halogens is 1. The van der Waals surface area contributed by atoms with E-state index in [1.54, 1.807) is 24.3 Å². The standard InChI is InChI=1S/C25H25ClN2O2/c1-24(2)18-13-14-25(24,3)22-21(18)20(27-28(22)16-9-5-4-6-10-16)15-30-23(29)17-11-7-8-12-19(17)26/h4-12,18H,13-15H2,1-3H3/t18-,25+/m1/s1. The van der Waals surface area contributed by atoms with Crippen LogP contribution in [0.3, 0.4) is 0 Å². The van der Waals surface area contributed by atoms with Crippen molar-refractivity contribution in [1.29, 1.82) is 0 Å². The summed E-state index contributed by atoms with van der Waals surface area (Å²) in [5.41, 5.74) is 5.01. The van der Waals surface area contributed by atoms with Gasteiger partial charge in [0.15, 0.2) is 0 Å². The Kier molecular flexibility index (Phi) is 4.33. The number of rotatable bonds is 4. The number of benzene rings is 2. The van der Waals surface area contributed by atoms with E-state index in [4.69, 9.17) is 21.4 Å². The van der Waals surface area contributed by atoms with Crippen molar-refractivity contribution in [2.45, 2.75) is 51.6 Å². The van der Waals surface area contributed by atoms with E-state index in [1.807, 2.05) is 18.2 Å². The fourth-order valence-electron chi connectivity index (χ4n) is 5.50. The fraction of sp³-hybridized carbons (Fsp3) is 0.360. The molecule has 30 heavy (non-hydrogen) atoms. The minimum Gasteiger partial charge on any atom is -0.455 e. The average Bonchev–Trinajstić information content (AvgIpc) is 3.29. The molecule has 0 amide bonds.